The van der Waals surface area contributed by atoms with E-state index in [-0.39, 0.29) is 5.28 Å². The van der Waals surface area contributed by atoms with Crippen molar-refractivity contribution in [3.05, 3.63) is 41.6 Å². The van der Waals surface area contributed by atoms with Gasteiger partial charge in [-0.3, -0.25) is 0 Å². The lowest BCUT2D eigenvalue weighted by atomic mass is 10.2. The third-order valence-corrected chi connectivity index (χ3v) is 3.35. The summed E-state index contributed by atoms with van der Waals surface area (Å²) in [5.41, 5.74) is 0.666. The molecule has 3 rings (SSSR count). The summed E-state index contributed by atoms with van der Waals surface area (Å²) in [4.78, 5) is 8.46. The summed E-state index contributed by atoms with van der Waals surface area (Å²) in [6.07, 6.45) is 1.62. The zero-order valence-corrected chi connectivity index (χ0v) is 12.8. The normalized spacial score (nSPS) is 10.7. The fourth-order valence-electron chi connectivity index (χ4n) is 2.15. The monoisotopic (exact) mass is 319 g/mol. The van der Waals surface area contributed by atoms with Crippen LogP contribution in [0.1, 0.15) is 5.76 Å². The number of hydrogen-bond donors (Lipinski definition) is 1. The van der Waals surface area contributed by atoms with E-state index >= 15 is 0 Å². The molecule has 0 radical (unpaired) electrons. The molecule has 114 valence electrons. The molecule has 0 aliphatic rings. The maximum Gasteiger partial charge on any atom is 0.224 e. The van der Waals surface area contributed by atoms with Crippen LogP contribution in [0.3, 0.4) is 0 Å². The third-order valence-electron chi connectivity index (χ3n) is 3.18. The molecule has 22 heavy (non-hydrogen) atoms. The molecule has 2 heterocycles. The summed E-state index contributed by atoms with van der Waals surface area (Å²) < 4.78 is 15.9. The number of anilines is 1. The van der Waals surface area contributed by atoms with Crippen LogP contribution >= 0.6 is 11.6 Å². The molecule has 1 aromatic carbocycles. The zero-order valence-electron chi connectivity index (χ0n) is 12.1. The summed E-state index contributed by atoms with van der Waals surface area (Å²) in [7, 11) is 3.15. The average Bonchev–Trinajstić information content (AvgIpc) is 3.04. The van der Waals surface area contributed by atoms with E-state index < -0.39 is 0 Å². The van der Waals surface area contributed by atoms with E-state index in [4.69, 9.17) is 25.5 Å². The van der Waals surface area contributed by atoms with Gasteiger partial charge in [-0.05, 0) is 29.8 Å². The lowest BCUT2D eigenvalue weighted by molar-refractivity contribution is 0.356. The first-order valence-electron chi connectivity index (χ1n) is 6.57. The van der Waals surface area contributed by atoms with Crippen molar-refractivity contribution in [1.29, 1.82) is 0 Å². The number of ether oxygens (including phenoxy) is 2. The fourth-order valence-corrected chi connectivity index (χ4v) is 2.32. The van der Waals surface area contributed by atoms with Crippen molar-refractivity contribution >= 4 is 28.3 Å². The number of furan rings is 1. The molecule has 0 atom stereocenters. The maximum atomic E-state index is 6.00. The van der Waals surface area contributed by atoms with E-state index in [9.17, 15) is 0 Å². The van der Waals surface area contributed by atoms with E-state index in [1.807, 2.05) is 18.2 Å². The fraction of sp³-hybridized carbons (Fsp3) is 0.200. The minimum Gasteiger partial charge on any atom is -0.493 e. The van der Waals surface area contributed by atoms with Crippen LogP contribution in [-0.4, -0.2) is 24.2 Å². The van der Waals surface area contributed by atoms with Crippen molar-refractivity contribution in [2.75, 3.05) is 19.5 Å². The Hall–Kier alpha value is -2.47. The molecule has 0 aliphatic heterocycles. The molecule has 1 N–H and O–H groups in total. The van der Waals surface area contributed by atoms with Gasteiger partial charge in [-0.2, -0.15) is 0 Å². The predicted molar refractivity (Wildman–Crippen MR) is 83.7 cm³/mol. The zero-order chi connectivity index (χ0) is 15.5. The Morgan fingerprint density at radius 2 is 1.95 bits per heavy atom. The van der Waals surface area contributed by atoms with Gasteiger partial charge in [-0.25, -0.2) is 9.97 Å². The average molecular weight is 320 g/mol. The van der Waals surface area contributed by atoms with Gasteiger partial charge in [0.05, 0.1) is 32.5 Å². The number of methoxy groups -OCH3 is 2. The minimum absolute atomic E-state index is 0.154. The van der Waals surface area contributed by atoms with Crippen LogP contribution in [0.25, 0.3) is 10.9 Å². The highest BCUT2D eigenvalue weighted by Gasteiger charge is 2.12. The molecule has 0 unspecified atom stereocenters. The number of fused-ring (bicyclic) bond motifs is 1. The van der Waals surface area contributed by atoms with Crippen LogP contribution in [0.2, 0.25) is 5.28 Å². The van der Waals surface area contributed by atoms with E-state index in [1.165, 1.54) is 0 Å². The van der Waals surface area contributed by atoms with Gasteiger partial charge in [0.2, 0.25) is 5.28 Å². The quantitative estimate of drug-likeness (QED) is 0.726. The van der Waals surface area contributed by atoms with E-state index in [0.717, 1.165) is 11.1 Å². The number of rotatable bonds is 5. The number of halogens is 1. The van der Waals surface area contributed by atoms with Gasteiger partial charge >= 0.3 is 0 Å². The molecule has 0 fully saturated rings. The van der Waals surface area contributed by atoms with Gasteiger partial charge in [0.15, 0.2) is 11.5 Å². The maximum absolute atomic E-state index is 6.00. The first-order valence-corrected chi connectivity index (χ1v) is 6.94. The summed E-state index contributed by atoms with van der Waals surface area (Å²) in [6.45, 7) is 0.490. The Morgan fingerprint density at radius 1 is 1.18 bits per heavy atom. The molecule has 0 spiro atoms. The van der Waals surface area contributed by atoms with Gasteiger partial charge < -0.3 is 19.2 Å². The van der Waals surface area contributed by atoms with Crippen LogP contribution in [0.5, 0.6) is 11.5 Å². The lowest BCUT2D eigenvalue weighted by Crippen LogP contribution is -2.03. The lowest BCUT2D eigenvalue weighted by Gasteiger charge is -2.12. The third kappa shape index (κ3) is 2.78. The molecular weight excluding hydrogens is 306 g/mol. The number of benzene rings is 1. The predicted octanol–water partition coefficient (Wildman–Crippen LogP) is 3.51. The molecule has 0 saturated heterocycles. The Bertz CT molecular complexity index is 790. The summed E-state index contributed by atoms with van der Waals surface area (Å²) in [6, 6.07) is 7.28. The highest BCUT2D eigenvalue weighted by molar-refractivity contribution is 6.28. The van der Waals surface area contributed by atoms with E-state index in [2.05, 4.69) is 15.3 Å². The van der Waals surface area contributed by atoms with Gasteiger partial charge in [0, 0.05) is 11.5 Å². The molecule has 3 aromatic rings. The van der Waals surface area contributed by atoms with Crippen molar-refractivity contribution in [2.24, 2.45) is 0 Å². The summed E-state index contributed by atoms with van der Waals surface area (Å²) in [5, 5.41) is 4.13. The van der Waals surface area contributed by atoms with Crippen molar-refractivity contribution in [1.82, 2.24) is 9.97 Å². The Balaban J connectivity index is 2.04. The van der Waals surface area contributed by atoms with E-state index in [1.54, 1.807) is 26.5 Å². The van der Waals surface area contributed by atoms with Crippen molar-refractivity contribution < 1.29 is 13.9 Å². The first-order chi connectivity index (χ1) is 10.7. The van der Waals surface area contributed by atoms with Crippen molar-refractivity contribution in [3.8, 4) is 11.5 Å². The highest BCUT2D eigenvalue weighted by atomic mass is 35.5. The molecule has 0 aliphatic carbocycles. The summed E-state index contributed by atoms with van der Waals surface area (Å²) in [5.74, 6) is 2.58. The first kappa shape index (κ1) is 14.5. The van der Waals surface area contributed by atoms with Crippen LogP contribution in [-0.2, 0) is 6.54 Å². The molecular formula is C15H14ClN3O3. The number of aromatic nitrogens is 2. The minimum atomic E-state index is 0.154. The Kier molecular flexibility index (Phi) is 4.02. The molecule has 0 saturated carbocycles. The van der Waals surface area contributed by atoms with Gasteiger partial charge in [0.1, 0.15) is 11.6 Å². The second-order valence-electron chi connectivity index (χ2n) is 4.50. The second kappa shape index (κ2) is 6.11. The molecule has 6 nitrogen and oxygen atoms in total. The molecule has 7 heteroatoms. The molecule has 2 aromatic heterocycles. The number of nitrogens with zero attached hydrogens (tertiary/aromatic N) is 2. The van der Waals surface area contributed by atoms with E-state index in [0.29, 0.717) is 29.4 Å². The smallest absolute Gasteiger partial charge is 0.224 e. The largest absolute Gasteiger partial charge is 0.493 e. The summed E-state index contributed by atoms with van der Waals surface area (Å²) >= 11 is 6.00. The molecule has 0 bridgehead atoms. The van der Waals surface area contributed by atoms with Crippen molar-refractivity contribution in [3.63, 3.8) is 0 Å². The Labute approximate surface area is 132 Å². The van der Waals surface area contributed by atoms with Gasteiger partial charge in [-0.1, -0.05) is 0 Å². The van der Waals surface area contributed by atoms with Gasteiger partial charge in [-0.15, -0.1) is 0 Å². The van der Waals surface area contributed by atoms with Crippen LogP contribution < -0.4 is 14.8 Å². The SMILES string of the molecule is COc1cc2nc(Cl)nc(NCc3ccco3)c2cc1OC. The molecule has 0 amide bonds. The van der Waals surface area contributed by atoms with Crippen molar-refractivity contribution in [2.45, 2.75) is 6.54 Å². The number of hydrogen-bond acceptors (Lipinski definition) is 6. The van der Waals surface area contributed by atoms with Crippen LogP contribution in [0.4, 0.5) is 5.82 Å². The highest BCUT2D eigenvalue weighted by Crippen LogP contribution is 2.34. The standard InChI is InChI=1S/C15H14ClN3O3/c1-20-12-6-10-11(7-13(12)21-2)18-15(16)19-14(10)17-8-9-4-3-5-22-9/h3-7H,8H2,1-2H3,(H,17,18,19). The van der Waals surface area contributed by atoms with Crippen LogP contribution in [0, 0.1) is 0 Å². The topological polar surface area (TPSA) is 69.4 Å². The van der Waals surface area contributed by atoms with Gasteiger partial charge in [0.25, 0.3) is 0 Å². The van der Waals surface area contributed by atoms with Crippen LogP contribution in [0.15, 0.2) is 34.9 Å². The Morgan fingerprint density at radius 3 is 2.64 bits per heavy atom. The number of nitrogens with one attached hydrogen (secondary N) is 1. The second-order valence-corrected chi connectivity index (χ2v) is 4.84.